The second-order valence-corrected chi connectivity index (χ2v) is 7.37. The van der Waals surface area contributed by atoms with Gasteiger partial charge >= 0.3 is 0 Å². The molecule has 1 fully saturated rings. The molecule has 0 radical (unpaired) electrons. The average Bonchev–Trinajstić information content (AvgIpc) is 3.01. The molecule has 6 nitrogen and oxygen atoms in total. The number of hydrogen-bond donors (Lipinski definition) is 2. The molecule has 1 amide bonds. The van der Waals surface area contributed by atoms with E-state index < -0.39 is 10.0 Å². The molecule has 2 N–H and O–H groups in total. The molecule has 0 atom stereocenters. The summed E-state index contributed by atoms with van der Waals surface area (Å²) in [6, 6.07) is 6.47. The van der Waals surface area contributed by atoms with E-state index in [1.165, 1.54) is 12.1 Å². The van der Waals surface area contributed by atoms with E-state index in [4.69, 9.17) is 4.74 Å². The van der Waals surface area contributed by atoms with Gasteiger partial charge in [-0.1, -0.05) is 12.8 Å². The highest BCUT2D eigenvalue weighted by molar-refractivity contribution is 7.89. The molecule has 128 valence electrons. The monoisotopic (exact) mass is 340 g/mol. The lowest BCUT2D eigenvalue weighted by Crippen LogP contribution is -2.35. The van der Waals surface area contributed by atoms with Crippen LogP contribution in [0.3, 0.4) is 0 Å². The molecule has 0 aromatic heterocycles. The largest absolute Gasteiger partial charge is 0.494 e. The minimum absolute atomic E-state index is 0.0914. The molecule has 0 aliphatic heterocycles. The van der Waals surface area contributed by atoms with Crippen molar-refractivity contribution in [3.05, 3.63) is 24.3 Å². The zero-order chi connectivity index (χ0) is 16.7. The molecule has 1 saturated carbocycles. The van der Waals surface area contributed by atoms with Crippen LogP contribution < -0.4 is 14.8 Å². The molecular weight excluding hydrogens is 316 g/mol. The Morgan fingerprint density at radius 3 is 2.48 bits per heavy atom. The summed E-state index contributed by atoms with van der Waals surface area (Å²) in [5.74, 6) is 0.522. The molecule has 0 unspecified atom stereocenters. The highest BCUT2D eigenvalue weighted by Crippen LogP contribution is 2.18. The molecule has 7 heteroatoms. The van der Waals surface area contributed by atoms with Crippen molar-refractivity contribution in [3.63, 3.8) is 0 Å². The van der Waals surface area contributed by atoms with Crippen LogP contribution >= 0.6 is 0 Å². The molecule has 1 aliphatic carbocycles. The Balaban J connectivity index is 1.79. The second-order valence-electron chi connectivity index (χ2n) is 5.60. The summed E-state index contributed by atoms with van der Waals surface area (Å²) < 4.78 is 32.0. The predicted octanol–water partition coefficient (Wildman–Crippen LogP) is 1.81. The fourth-order valence-electron chi connectivity index (χ4n) is 2.63. The van der Waals surface area contributed by atoms with Gasteiger partial charge in [-0.2, -0.15) is 0 Å². The van der Waals surface area contributed by atoms with Crippen molar-refractivity contribution in [2.45, 2.75) is 50.0 Å². The van der Waals surface area contributed by atoms with E-state index in [0.29, 0.717) is 12.4 Å². The van der Waals surface area contributed by atoms with Gasteiger partial charge < -0.3 is 10.1 Å². The number of nitrogens with one attached hydrogen (secondary N) is 2. The van der Waals surface area contributed by atoms with E-state index in [0.717, 1.165) is 25.7 Å². The maximum atomic E-state index is 12.1. The molecule has 0 spiro atoms. The van der Waals surface area contributed by atoms with Gasteiger partial charge in [0.05, 0.1) is 11.5 Å². The molecule has 1 aliphatic rings. The van der Waals surface area contributed by atoms with Gasteiger partial charge in [-0.25, -0.2) is 13.1 Å². The Labute approximate surface area is 137 Å². The van der Waals surface area contributed by atoms with E-state index in [-0.39, 0.29) is 29.8 Å². The molecule has 2 rings (SSSR count). The van der Waals surface area contributed by atoms with Gasteiger partial charge in [0.25, 0.3) is 0 Å². The number of hydrogen-bond acceptors (Lipinski definition) is 4. The number of carbonyl (C=O) groups is 1. The Kier molecular flexibility index (Phi) is 6.41. The van der Waals surface area contributed by atoms with Crippen LogP contribution in [0.5, 0.6) is 5.75 Å². The number of sulfonamides is 1. The first kappa shape index (κ1) is 17.7. The van der Waals surface area contributed by atoms with Crippen LogP contribution in [-0.2, 0) is 14.8 Å². The van der Waals surface area contributed by atoms with Gasteiger partial charge in [0.1, 0.15) is 5.75 Å². The molecule has 0 saturated heterocycles. The first-order chi connectivity index (χ1) is 11.0. The van der Waals surface area contributed by atoms with Crippen LogP contribution in [-0.4, -0.2) is 33.5 Å². The van der Waals surface area contributed by atoms with Crippen LogP contribution in [0.2, 0.25) is 0 Å². The zero-order valence-electron chi connectivity index (χ0n) is 13.4. The smallest absolute Gasteiger partial charge is 0.240 e. The van der Waals surface area contributed by atoms with Crippen LogP contribution in [0.1, 0.15) is 39.0 Å². The standard InChI is InChI=1S/C16H24N2O4S/c1-2-22-14-7-9-15(10-8-14)23(20,21)17-12-11-16(19)18-13-5-3-4-6-13/h7-10,13,17H,2-6,11-12H2,1H3,(H,18,19). The number of ether oxygens (including phenoxy) is 1. The van der Waals surface area contributed by atoms with Gasteiger partial charge in [-0.05, 0) is 44.0 Å². The summed E-state index contributed by atoms with van der Waals surface area (Å²) in [6.07, 6.45) is 4.48. The van der Waals surface area contributed by atoms with Gasteiger partial charge in [0.15, 0.2) is 0 Å². The predicted molar refractivity (Wildman–Crippen MR) is 87.8 cm³/mol. The molecule has 1 aromatic carbocycles. The van der Waals surface area contributed by atoms with Crippen molar-refractivity contribution in [3.8, 4) is 5.75 Å². The third-order valence-corrected chi connectivity index (χ3v) is 5.29. The highest BCUT2D eigenvalue weighted by Gasteiger charge is 2.18. The van der Waals surface area contributed by atoms with Crippen molar-refractivity contribution in [2.75, 3.05) is 13.2 Å². The van der Waals surface area contributed by atoms with Crippen molar-refractivity contribution < 1.29 is 17.9 Å². The van der Waals surface area contributed by atoms with Crippen LogP contribution in [0.4, 0.5) is 0 Å². The van der Waals surface area contributed by atoms with Gasteiger partial charge in [0, 0.05) is 19.0 Å². The van der Waals surface area contributed by atoms with Crippen LogP contribution in [0.25, 0.3) is 0 Å². The Hall–Kier alpha value is -1.60. The first-order valence-corrected chi connectivity index (χ1v) is 9.51. The molecule has 0 heterocycles. The number of rotatable bonds is 8. The van der Waals surface area contributed by atoms with E-state index in [1.54, 1.807) is 12.1 Å². The van der Waals surface area contributed by atoms with E-state index >= 15 is 0 Å². The number of benzene rings is 1. The van der Waals surface area contributed by atoms with Crippen molar-refractivity contribution >= 4 is 15.9 Å². The van der Waals surface area contributed by atoms with E-state index in [2.05, 4.69) is 10.0 Å². The zero-order valence-corrected chi connectivity index (χ0v) is 14.2. The lowest BCUT2D eigenvalue weighted by atomic mass is 10.2. The minimum Gasteiger partial charge on any atom is -0.494 e. The second kappa shape index (κ2) is 8.31. The molecule has 23 heavy (non-hydrogen) atoms. The summed E-state index contributed by atoms with van der Waals surface area (Å²) in [6.45, 7) is 2.48. The van der Waals surface area contributed by atoms with Crippen molar-refractivity contribution in [1.29, 1.82) is 0 Å². The van der Waals surface area contributed by atoms with Gasteiger partial charge in [-0.3, -0.25) is 4.79 Å². The fraction of sp³-hybridized carbons (Fsp3) is 0.562. The summed E-state index contributed by atoms with van der Waals surface area (Å²) in [5, 5.41) is 2.94. The lowest BCUT2D eigenvalue weighted by Gasteiger charge is -2.12. The van der Waals surface area contributed by atoms with Crippen molar-refractivity contribution in [1.82, 2.24) is 10.0 Å². The van der Waals surface area contributed by atoms with Crippen molar-refractivity contribution in [2.24, 2.45) is 0 Å². The first-order valence-electron chi connectivity index (χ1n) is 8.03. The Morgan fingerprint density at radius 2 is 1.87 bits per heavy atom. The Morgan fingerprint density at radius 1 is 1.22 bits per heavy atom. The van der Waals surface area contributed by atoms with Gasteiger partial charge in [-0.15, -0.1) is 0 Å². The molecule has 0 bridgehead atoms. The summed E-state index contributed by atoms with van der Waals surface area (Å²) in [7, 11) is -3.60. The summed E-state index contributed by atoms with van der Waals surface area (Å²) in [5.41, 5.74) is 0. The maximum Gasteiger partial charge on any atom is 0.240 e. The fourth-order valence-corrected chi connectivity index (χ4v) is 3.67. The maximum absolute atomic E-state index is 12.1. The average molecular weight is 340 g/mol. The molecular formula is C16H24N2O4S. The third-order valence-electron chi connectivity index (χ3n) is 3.81. The third kappa shape index (κ3) is 5.51. The number of amides is 1. The van der Waals surface area contributed by atoms with Gasteiger partial charge in [0.2, 0.25) is 15.9 Å². The number of carbonyl (C=O) groups excluding carboxylic acids is 1. The summed E-state index contributed by atoms with van der Waals surface area (Å²) in [4.78, 5) is 11.9. The highest BCUT2D eigenvalue weighted by atomic mass is 32.2. The SMILES string of the molecule is CCOc1ccc(S(=O)(=O)NCCC(=O)NC2CCCC2)cc1. The van der Waals surface area contributed by atoms with Crippen LogP contribution in [0.15, 0.2) is 29.2 Å². The lowest BCUT2D eigenvalue weighted by molar-refractivity contribution is -0.121. The van der Waals surface area contributed by atoms with E-state index in [9.17, 15) is 13.2 Å². The van der Waals surface area contributed by atoms with Crippen LogP contribution in [0, 0.1) is 0 Å². The normalized spacial score (nSPS) is 15.5. The quantitative estimate of drug-likeness (QED) is 0.756. The topological polar surface area (TPSA) is 84.5 Å². The minimum atomic E-state index is -3.60. The Bertz CT molecular complexity index is 607. The summed E-state index contributed by atoms with van der Waals surface area (Å²) >= 11 is 0. The molecule has 1 aromatic rings. The van der Waals surface area contributed by atoms with E-state index in [1.807, 2.05) is 6.92 Å².